The van der Waals surface area contributed by atoms with Crippen LogP contribution < -0.4 is 16.3 Å². The average Bonchev–Trinajstić information content (AvgIpc) is 1.53. The molecule has 26 heteroatoms. The van der Waals surface area contributed by atoms with Crippen LogP contribution in [0.4, 0.5) is 21.0 Å². The van der Waals surface area contributed by atoms with E-state index in [1.807, 2.05) is 124 Å². The average molecular weight is 1690 g/mol. The van der Waals surface area contributed by atoms with Crippen LogP contribution in [0.2, 0.25) is 0 Å². The fraction of sp³-hybridized carbons (Fsp3) is 0.489. The fourth-order valence-corrected chi connectivity index (χ4v) is 23.4. The first kappa shape index (κ1) is 85.2. The Hall–Kier alpha value is -9.79. The zero-order chi connectivity index (χ0) is 84.6. The van der Waals surface area contributed by atoms with Crippen LogP contribution in [0.5, 0.6) is 0 Å². The number of aromatic amines is 2. The molecule has 120 heavy (non-hydrogen) atoms. The molecule has 8 aromatic rings. The third kappa shape index (κ3) is 18.2. The summed E-state index contributed by atoms with van der Waals surface area (Å²) in [7, 11) is 0. The fourth-order valence-electron chi connectivity index (χ4n) is 18.6. The number of imidazole rings is 2. The molecule has 10 amide bonds. The molecule has 8 aliphatic heterocycles. The van der Waals surface area contributed by atoms with Gasteiger partial charge in [-0.15, -0.1) is 35.3 Å². The maximum Gasteiger partial charge on any atom is 0.326 e. The maximum atomic E-state index is 14.3. The van der Waals surface area contributed by atoms with E-state index in [9.17, 15) is 43.2 Å². The van der Waals surface area contributed by atoms with E-state index in [0.29, 0.717) is 84.8 Å². The number of carbonyl (C=O) groups is 8. The molecule has 23 nitrogen and oxygen atoms in total. The van der Waals surface area contributed by atoms with E-state index in [0.717, 1.165) is 107 Å². The van der Waals surface area contributed by atoms with Crippen molar-refractivity contribution < 1.29 is 42.6 Å². The minimum Gasteiger partial charge on any atom is -0.346 e. The molecule has 6 fully saturated rings. The van der Waals surface area contributed by atoms with E-state index >= 15 is 0 Å². The number of hydrogen-bond donors (Lipinski definition) is 4. The summed E-state index contributed by atoms with van der Waals surface area (Å²) in [6.07, 6.45) is 11.8. The van der Waals surface area contributed by atoms with Crippen LogP contribution in [-0.2, 0) is 51.5 Å². The highest BCUT2D eigenvalue weighted by Gasteiger charge is 2.59. The quantitative estimate of drug-likeness (QED) is 0.0663. The maximum absolute atomic E-state index is 14.3. The number of H-pyrrole nitrogens is 2. The molecule has 9 aliphatic rings. The Balaban J connectivity index is 0.000000167. The molecule has 0 radical (unpaired) electrons. The molecule has 640 valence electrons. The molecule has 5 atom stereocenters. The monoisotopic (exact) mass is 1690 g/mol. The largest absolute Gasteiger partial charge is 0.346 e. The van der Waals surface area contributed by atoms with Crippen LogP contribution in [0.15, 0.2) is 169 Å². The lowest BCUT2D eigenvalue weighted by Crippen LogP contribution is -2.51. The third-order valence-electron chi connectivity index (χ3n) is 25.4. The van der Waals surface area contributed by atoms with Gasteiger partial charge >= 0.3 is 17.8 Å². The first-order valence-corrected chi connectivity index (χ1v) is 45.6. The molecule has 0 saturated carbocycles. The number of thioether (sulfide) groups is 3. The van der Waals surface area contributed by atoms with Gasteiger partial charge in [-0.05, 0) is 139 Å². The van der Waals surface area contributed by atoms with Crippen LogP contribution in [0, 0.1) is 16.2 Å². The molecule has 6 aromatic carbocycles. The van der Waals surface area contributed by atoms with E-state index in [-0.39, 0.29) is 116 Å². The van der Waals surface area contributed by atoms with Crippen molar-refractivity contribution in [2.75, 3.05) is 76.1 Å². The van der Waals surface area contributed by atoms with Gasteiger partial charge in [0.1, 0.15) is 15.1 Å². The topological polar surface area (TPSA) is 253 Å². The number of nitrogens with one attached hydrogen (secondary N) is 4. The number of para-hydroxylation sites is 4. The summed E-state index contributed by atoms with van der Waals surface area (Å²) >= 11 is 4.80. The molecular weight excluding hydrogens is 1570 g/mol. The standard InChI is InChI=1S/C35H38N4O3S.C31H40N4O3S.C28H38N6O3S.3H2/c1-34(2,3)18-21-38-32(41)30(43-35(38)26-12-6-4-10-24(26)25-11-5-7-13-27(25)35)22-31(40)37-19-16-23(17-20-37)39-29-15-9-8-14-28(29)36-33(39)42;1-30(2,3)16-19-35-28(37)26(39-31(35,4)23-11-6-5-7-12-23)20-27(36)33-17-14-24(15-18-33)34-21-22-10-8-9-13-25(22)32-29(34)38;1-28(2,3)11-15-34-25(36)23(38-26(34)22-17-29-18-30-22)16-24(35)32-12-9-20(10-13-32)33-14-8-19-6-4-5-7-21(19)31-27(33)37;;;/h4-15,23,30H,16-22H2,1-3H3,(H,36,42);5-13,24,26H,14-21H2,1-4H3,(H,32,38);4-7,17-18,20,23,26H,8-16H2,1-3H3,(H,29,30)(H,31,37);3*1H. The molecule has 17 rings (SSSR count). The van der Waals surface area contributed by atoms with E-state index in [4.69, 9.17) is 0 Å². The summed E-state index contributed by atoms with van der Waals surface area (Å²) in [6, 6.07) is 50.7. The molecule has 10 heterocycles. The highest BCUT2D eigenvalue weighted by atomic mass is 32.2. The molecular formula is C94H122N14O9S3. The predicted molar refractivity (Wildman–Crippen MR) is 483 cm³/mol. The Labute approximate surface area is 722 Å². The zero-order valence-corrected chi connectivity index (χ0v) is 73.4. The number of anilines is 2. The van der Waals surface area contributed by atoms with Crippen molar-refractivity contribution in [1.82, 2.24) is 58.7 Å². The van der Waals surface area contributed by atoms with Crippen LogP contribution in [0.25, 0.3) is 22.2 Å². The van der Waals surface area contributed by atoms with Crippen LogP contribution >= 0.6 is 35.3 Å². The lowest BCUT2D eigenvalue weighted by atomic mass is 9.91. The number of piperidine rings is 3. The van der Waals surface area contributed by atoms with E-state index in [2.05, 4.69) is 166 Å². The molecule has 6 saturated heterocycles. The molecule has 4 N–H and O–H groups in total. The van der Waals surface area contributed by atoms with Gasteiger partial charge in [-0.25, -0.2) is 19.4 Å². The Kier molecular flexibility index (Phi) is 25.1. The number of hydrogen-bond acceptors (Lipinski definition) is 13. The van der Waals surface area contributed by atoms with Gasteiger partial charge in [0.25, 0.3) is 0 Å². The second-order valence-corrected chi connectivity index (χ2v) is 41.5. The summed E-state index contributed by atoms with van der Waals surface area (Å²) < 4.78 is 1.85. The van der Waals surface area contributed by atoms with Crippen molar-refractivity contribution in [2.24, 2.45) is 16.2 Å². The first-order chi connectivity index (χ1) is 57.4. The van der Waals surface area contributed by atoms with Crippen LogP contribution in [0.3, 0.4) is 0 Å². The number of nitrogens with zero attached hydrogens (tertiary/aromatic N) is 10. The Morgan fingerprint density at radius 1 is 0.492 bits per heavy atom. The van der Waals surface area contributed by atoms with Gasteiger partial charge < -0.3 is 59.8 Å². The van der Waals surface area contributed by atoms with Crippen molar-refractivity contribution in [3.05, 3.63) is 208 Å². The Bertz CT molecular complexity index is 5120. The predicted octanol–water partition coefficient (Wildman–Crippen LogP) is 16.8. The van der Waals surface area contributed by atoms with Gasteiger partial charge in [0.05, 0.1) is 45.0 Å². The minimum absolute atomic E-state index is 0. The van der Waals surface area contributed by atoms with E-state index < -0.39 is 25.5 Å². The SMILES string of the molecule is CC(C)(C)CCN1C(=O)C(CC(=O)N2CCC(N3CCc4ccccc4NC3=O)CC2)SC1c1cnc[nH]1.CC(C)(C)CCN1C(=O)C(CC(=O)N2CCC(N3Cc4ccccc4NC3=O)CC2)SC1(C)c1ccccc1.CC(C)(C)CCN1C(=O)C(CC(=O)N2CCC(n3c(=O)[nH]c4ccccc43)CC2)SC12c1ccccc1-c1ccccc12.[HH].[HH].[HH]. The molecule has 1 aliphatic carbocycles. The molecule has 5 unspecified atom stereocenters. The third-order valence-corrected chi connectivity index (χ3v) is 30.1. The number of carbonyl (C=O) groups excluding carboxylic acids is 8. The van der Waals surface area contributed by atoms with Gasteiger partial charge in [-0.3, -0.25) is 33.3 Å². The van der Waals surface area contributed by atoms with E-state index in [1.165, 1.54) is 11.1 Å². The number of urea groups is 2. The number of benzene rings is 6. The molecule has 2 aromatic heterocycles. The highest BCUT2D eigenvalue weighted by Crippen LogP contribution is 2.62. The van der Waals surface area contributed by atoms with Gasteiger partial charge in [0, 0.05) is 136 Å². The van der Waals surface area contributed by atoms with Crippen LogP contribution in [-0.4, -0.2) is 200 Å². The summed E-state index contributed by atoms with van der Waals surface area (Å²) in [5.74, 6) is 0.201. The van der Waals surface area contributed by atoms with Crippen molar-refractivity contribution >= 4 is 105 Å². The number of rotatable bonds is 17. The number of likely N-dealkylation sites (tertiary alicyclic amines) is 3. The highest BCUT2D eigenvalue weighted by molar-refractivity contribution is 8.02. The van der Waals surface area contributed by atoms with Crippen molar-refractivity contribution in [1.29, 1.82) is 0 Å². The number of fused-ring (bicyclic) bond motifs is 8. The number of aromatic nitrogens is 4. The number of amides is 10. The Morgan fingerprint density at radius 2 is 0.958 bits per heavy atom. The smallest absolute Gasteiger partial charge is 0.326 e. The Morgan fingerprint density at radius 3 is 1.53 bits per heavy atom. The van der Waals surface area contributed by atoms with Crippen LogP contribution in [0.1, 0.15) is 195 Å². The van der Waals surface area contributed by atoms with Gasteiger partial charge in [-0.2, -0.15) is 0 Å². The normalized spacial score (nSPS) is 22.2. The summed E-state index contributed by atoms with van der Waals surface area (Å²) in [5.41, 5.74) is 12.6. The zero-order valence-electron chi connectivity index (χ0n) is 71.0. The molecule has 1 spiro atoms. The van der Waals surface area contributed by atoms with Gasteiger partial charge in [0.15, 0.2) is 0 Å². The summed E-state index contributed by atoms with van der Waals surface area (Å²) in [4.78, 5) is 145. The minimum atomic E-state index is -0.635. The van der Waals surface area contributed by atoms with Gasteiger partial charge in [0.2, 0.25) is 35.4 Å². The summed E-state index contributed by atoms with van der Waals surface area (Å²) in [6.45, 7) is 28.6. The van der Waals surface area contributed by atoms with Gasteiger partial charge in [-0.1, -0.05) is 190 Å². The summed E-state index contributed by atoms with van der Waals surface area (Å²) in [5, 5.41) is 4.64. The lowest BCUT2D eigenvalue weighted by molar-refractivity contribution is -0.138. The molecule has 0 bridgehead atoms. The second kappa shape index (κ2) is 35.3. The van der Waals surface area contributed by atoms with E-state index in [1.54, 1.807) is 47.8 Å². The first-order valence-electron chi connectivity index (χ1n) is 42.9. The van der Waals surface area contributed by atoms with Crippen molar-refractivity contribution in [3.63, 3.8) is 0 Å². The lowest BCUT2D eigenvalue weighted by Gasteiger charge is -2.40. The van der Waals surface area contributed by atoms with Crippen molar-refractivity contribution in [2.45, 2.75) is 208 Å². The van der Waals surface area contributed by atoms with Crippen molar-refractivity contribution in [3.8, 4) is 11.1 Å². The second-order valence-electron chi connectivity index (χ2n) is 37.2.